The summed E-state index contributed by atoms with van der Waals surface area (Å²) in [5, 5.41) is 11.0. The minimum Gasteiger partial charge on any atom is -0.492 e. The molecule has 0 aliphatic heterocycles. The Morgan fingerprint density at radius 3 is 2.50 bits per heavy atom. The number of ether oxygens (including phenoxy) is 1. The first-order chi connectivity index (χ1) is 8.58. The van der Waals surface area contributed by atoms with E-state index in [1.54, 1.807) is 0 Å². The molecule has 0 radical (unpaired) electrons. The molecule has 2 N–H and O–H groups in total. The average molecular weight is 251 g/mol. The fourth-order valence-corrected chi connectivity index (χ4v) is 1.30. The monoisotopic (exact) mass is 251 g/mol. The number of carbonyl (C=O) groups is 2. The van der Waals surface area contributed by atoms with Crippen molar-refractivity contribution in [1.82, 2.24) is 5.32 Å². The molecule has 0 aliphatic rings. The van der Waals surface area contributed by atoms with Gasteiger partial charge in [0.25, 0.3) is 0 Å². The Hall–Kier alpha value is -2.04. The summed E-state index contributed by atoms with van der Waals surface area (Å²) >= 11 is 0. The molecule has 0 heterocycles. The second-order valence-electron chi connectivity index (χ2n) is 3.91. The molecule has 0 saturated heterocycles. The highest BCUT2D eigenvalue weighted by Crippen LogP contribution is 2.10. The smallest absolute Gasteiger partial charge is 0.303 e. The minimum absolute atomic E-state index is 0.000134. The van der Waals surface area contributed by atoms with Crippen molar-refractivity contribution in [3.63, 3.8) is 0 Å². The lowest BCUT2D eigenvalue weighted by atomic mass is 10.2. The van der Waals surface area contributed by atoms with Crippen molar-refractivity contribution in [1.29, 1.82) is 0 Å². The first-order valence-corrected chi connectivity index (χ1v) is 5.76. The van der Waals surface area contributed by atoms with E-state index < -0.39 is 5.97 Å². The number of amides is 1. The molecule has 1 rings (SSSR count). The van der Waals surface area contributed by atoms with Gasteiger partial charge < -0.3 is 15.2 Å². The lowest BCUT2D eigenvalue weighted by molar-refractivity contribution is -0.138. The van der Waals surface area contributed by atoms with Crippen molar-refractivity contribution < 1.29 is 19.4 Å². The fourth-order valence-electron chi connectivity index (χ4n) is 1.30. The van der Waals surface area contributed by atoms with Crippen LogP contribution in [-0.4, -0.2) is 30.1 Å². The minimum atomic E-state index is -0.971. The van der Waals surface area contributed by atoms with Gasteiger partial charge in [0.2, 0.25) is 5.91 Å². The predicted molar refractivity (Wildman–Crippen MR) is 66.6 cm³/mol. The Morgan fingerprint density at radius 1 is 1.22 bits per heavy atom. The molecule has 0 saturated carbocycles. The van der Waals surface area contributed by atoms with E-state index in [0.29, 0.717) is 13.2 Å². The van der Waals surface area contributed by atoms with Gasteiger partial charge in [-0.2, -0.15) is 0 Å². The van der Waals surface area contributed by atoms with E-state index in [0.717, 1.165) is 11.3 Å². The molecule has 1 amide bonds. The van der Waals surface area contributed by atoms with Gasteiger partial charge in [0, 0.05) is 6.42 Å². The maximum absolute atomic E-state index is 11.2. The molecule has 98 valence electrons. The van der Waals surface area contributed by atoms with E-state index in [1.807, 2.05) is 31.2 Å². The second-order valence-corrected chi connectivity index (χ2v) is 3.91. The number of hydrogen-bond donors (Lipinski definition) is 2. The van der Waals surface area contributed by atoms with E-state index in [4.69, 9.17) is 9.84 Å². The van der Waals surface area contributed by atoms with Gasteiger partial charge >= 0.3 is 5.97 Å². The molecule has 0 aliphatic carbocycles. The van der Waals surface area contributed by atoms with Crippen LogP contribution in [0.3, 0.4) is 0 Å². The van der Waals surface area contributed by atoms with Gasteiger partial charge in [-0.1, -0.05) is 17.7 Å². The van der Waals surface area contributed by atoms with Gasteiger partial charge in [0.1, 0.15) is 12.4 Å². The van der Waals surface area contributed by atoms with Gasteiger partial charge in [0.05, 0.1) is 13.0 Å². The molecule has 0 bridgehead atoms. The second kappa shape index (κ2) is 7.32. The average Bonchev–Trinajstić information content (AvgIpc) is 2.34. The summed E-state index contributed by atoms with van der Waals surface area (Å²) in [6.45, 7) is 2.72. The summed E-state index contributed by atoms with van der Waals surface area (Å²) in [7, 11) is 0. The Bertz CT molecular complexity index is 400. The van der Waals surface area contributed by atoms with E-state index in [1.165, 1.54) is 0 Å². The van der Waals surface area contributed by atoms with Gasteiger partial charge in [0.15, 0.2) is 0 Å². The highest BCUT2D eigenvalue weighted by Gasteiger charge is 2.04. The number of nitrogens with one attached hydrogen (secondary N) is 1. The number of carboxylic acids is 1. The van der Waals surface area contributed by atoms with Crippen LogP contribution in [-0.2, 0) is 9.59 Å². The number of rotatable bonds is 7. The van der Waals surface area contributed by atoms with Crippen molar-refractivity contribution in [2.45, 2.75) is 19.8 Å². The molecule has 0 unspecified atom stereocenters. The third-order valence-corrected chi connectivity index (χ3v) is 2.28. The van der Waals surface area contributed by atoms with Crippen molar-refractivity contribution in [3.8, 4) is 5.75 Å². The van der Waals surface area contributed by atoms with E-state index in [2.05, 4.69) is 5.32 Å². The zero-order valence-electron chi connectivity index (χ0n) is 10.3. The number of carbonyl (C=O) groups excluding carboxylic acids is 1. The summed E-state index contributed by atoms with van der Waals surface area (Å²) in [4.78, 5) is 21.4. The van der Waals surface area contributed by atoms with Crippen molar-refractivity contribution in [2.24, 2.45) is 0 Å². The molecule has 1 aromatic carbocycles. The molecule has 5 heteroatoms. The van der Waals surface area contributed by atoms with Crippen LogP contribution in [0.1, 0.15) is 18.4 Å². The first-order valence-electron chi connectivity index (χ1n) is 5.76. The molecule has 0 spiro atoms. The van der Waals surface area contributed by atoms with Crippen LogP contribution >= 0.6 is 0 Å². The van der Waals surface area contributed by atoms with Crippen molar-refractivity contribution in [3.05, 3.63) is 29.8 Å². The molecule has 0 fully saturated rings. The van der Waals surface area contributed by atoms with Crippen LogP contribution < -0.4 is 10.1 Å². The van der Waals surface area contributed by atoms with E-state index >= 15 is 0 Å². The molecule has 0 aromatic heterocycles. The predicted octanol–water partition coefficient (Wildman–Crippen LogP) is 1.35. The van der Waals surface area contributed by atoms with E-state index in [9.17, 15) is 9.59 Å². The lowest BCUT2D eigenvalue weighted by Gasteiger charge is -2.07. The molecular weight excluding hydrogens is 234 g/mol. The third kappa shape index (κ3) is 5.89. The molecular formula is C13H17NO4. The topological polar surface area (TPSA) is 75.6 Å². The number of aliphatic carboxylic acids is 1. The lowest BCUT2D eigenvalue weighted by Crippen LogP contribution is -2.28. The number of benzene rings is 1. The Balaban J connectivity index is 2.13. The maximum Gasteiger partial charge on any atom is 0.303 e. The Labute approximate surface area is 106 Å². The zero-order chi connectivity index (χ0) is 13.4. The summed E-state index contributed by atoms with van der Waals surface area (Å²) in [6.07, 6.45) is -0.148. The van der Waals surface area contributed by atoms with Gasteiger partial charge in [-0.15, -0.1) is 0 Å². The summed E-state index contributed by atoms with van der Waals surface area (Å²) < 4.78 is 5.41. The van der Waals surface area contributed by atoms with Crippen molar-refractivity contribution in [2.75, 3.05) is 13.2 Å². The normalized spacial score (nSPS) is 9.83. The largest absolute Gasteiger partial charge is 0.492 e. The third-order valence-electron chi connectivity index (χ3n) is 2.28. The number of carboxylic acid groups (broad SMARTS) is 1. The first kappa shape index (κ1) is 14.0. The number of hydrogen-bond acceptors (Lipinski definition) is 3. The van der Waals surface area contributed by atoms with Crippen LogP contribution in [0.5, 0.6) is 5.75 Å². The zero-order valence-corrected chi connectivity index (χ0v) is 10.3. The van der Waals surface area contributed by atoms with Crippen molar-refractivity contribution >= 4 is 11.9 Å². The standard InChI is InChI=1S/C13H17NO4/c1-10-2-4-11(5-3-10)18-9-8-14-12(15)6-7-13(16)17/h2-5H,6-9H2,1H3,(H,14,15)(H,16,17). The SMILES string of the molecule is Cc1ccc(OCCNC(=O)CCC(=O)O)cc1. The molecule has 1 aromatic rings. The highest BCUT2D eigenvalue weighted by atomic mass is 16.5. The van der Waals surface area contributed by atoms with Crippen LogP contribution in [0.2, 0.25) is 0 Å². The van der Waals surface area contributed by atoms with Crippen LogP contribution in [0, 0.1) is 6.92 Å². The van der Waals surface area contributed by atoms with Gasteiger partial charge in [-0.3, -0.25) is 9.59 Å². The quantitative estimate of drug-likeness (QED) is 0.717. The maximum atomic E-state index is 11.2. The highest BCUT2D eigenvalue weighted by molar-refractivity contribution is 5.80. The van der Waals surface area contributed by atoms with Crippen LogP contribution in [0.25, 0.3) is 0 Å². The van der Waals surface area contributed by atoms with Gasteiger partial charge in [-0.05, 0) is 19.1 Å². The fraction of sp³-hybridized carbons (Fsp3) is 0.385. The number of aryl methyl sites for hydroxylation is 1. The molecule has 18 heavy (non-hydrogen) atoms. The Kier molecular flexibility index (Phi) is 5.70. The molecule has 0 atom stereocenters. The summed E-state index contributed by atoms with van der Waals surface area (Å²) in [6, 6.07) is 7.62. The molecule has 5 nitrogen and oxygen atoms in total. The Morgan fingerprint density at radius 2 is 1.89 bits per heavy atom. The van der Waals surface area contributed by atoms with Crippen LogP contribution in [0.4, 0.5) is 0 Å². The van der Waals surface area contributed by atoms with Crippen LogP contribution in [0.15, 0.2) is 24.3 Å². The van der Waals surface area contributed by atoms with Gasteiger partial charge in [-0.25, -0.2) is 0 Å². The summed E-state index contributed by atoms with van der Waals surface area (Å²) in [5.74, 6) is -0.494. The van der Waals surface area contributed by atoms with E-state index in [-0.39, 0.29) is 18.7 Å². The summed E-state index contributed by atoms with van der Waals surface area (Å²) in [5.41, 5.74) is 1.16.